The molecule has 0 fully saturated rings. The molecule has 0 aliphatic carbocycles. The van der Waals surface area contributed by atoms with E-state index in [4.69, 9.17) is 5.73 Å². The molecule has 1 aromatic rings. The number of rotatable bonds is 5. The van der Waals surface area contributed by atoms with Gasteiger partial charge in [-0.2, -0.15) is 0 Å². The molecule has 0 saturated carbocycles. The van der Waals surface area contributed by atoms with Crippen molar-refractivity contribution in [2.75, 3.05) is 0 Å². The maximum absolute atomic E-state index is 11.8. The molecule has 0 spiro atoms. The number of primary amides is 1. The molecule has 0 bridgehead atoms. The van der Waals surface area contributed by atoms with Crippen molar-refractivity contribution < 1.29 is 9.59 Å². The molecule has 0 aliphatic rings. The van der Waals surface area contributed by atoms with Gasteiger partial charge in [-0.05, 0) is 32.4 Å². The quantitative estimate of drug-likeness (QED) is 0.762. The fraction of sp³-hybridized carbons (Fsp3) is 0.308. The van der Waals surface area contributed by atoms with Crippen LogP contribution in [-0.4, -0.2) is 22.8 Å². The van der Waals surface area contributed by atoms with Gasteiger partial charge in [0.25, 0.3) is 5.91 Å². The Morgan fingerprint density at radius 2 is 2.17 bits per heavy atom. The third kappa shape index (κ3) is 4.37. The normalized spacial score (nSPS) is 11.4. The van der Waals surface area contributed by atoms with Crippen LogP contribution < -0.4 is 11.1 Å². The zero-order chi connectivity index (χ0) is 13.5. The second kappa shape index (κ2) is 6.54. The first-order valence-electron chi connectivity index (χ1n) is 5.65. The molecule has 1 atom stereocenters. The van der Waals surface area contributed by atoms with Crippen LogP contribution in [0.4, 0.5) is 0 Å². The first-order chi connectivity index (χ1) is 8.50. The summed E-state index contributed by atoms with van der Waals surface area (Å²) >= 11 is 0. The van der Waals surface area contributed by atoms with Gasteiger partial charge in [-0.1, -0.05) is 17.7 Å². The third-order valence-corrected chi connectivity index (χ3v) is 2.31. The smallest absolute Gasteiger partial charge is 0.270 e. The molecule has 1 rings (SSSR count). The van der Waals surface area contributed by atoms with Crippen molar-refractivity contribution in [3.05, 3.63) is 41.7 Å². The largest absolute Gasteiger partial charge is 0.368 e. The van der Waals surface area contributed by atoms with E-state index in [0.717, 1.165) is 5.57 Å². The summed E-state index contributed by atoms with van der Waals surface area (Å²) in [6, 6.07) is 4.28. The standard InChI is InChI=1S/C13H17N3O2/c1-9(2)6-7-10(12(14)17)16-13(18)11-5-3-4-8-15-11/h3-6,8,10H,7H2,1-2H3,(H2,14,17)(H,16,18)/t10-/m0/s1. The topological polar surface area (TPSA) is 85.1 Å². The molecular formula is C13H17N3O2. The predicted molar refractivity (Wildman–Crippen MR) is 68.7 cm³/mol. The van der Waals surface area contributed by atoms with Gasteiger partial charge in [-0.3, -0.25) is 14.6 Å². The van der Waals surface area contributed by atoms with Crippen LogP contribution >= 0.6 is 0 Å². The first-order valence-corrected chi connectivity index (χ1v) is 5.65. The second-order valence-corrected chi connectivity index (χ2v) is 4.16. The van der Waals surface area contributed by atoms with Crippen LogP contribution in [0.15, 0.2) is 36.0 Å². The minimum Gasteiger partial charge on any atom is -0.368 e. The molecule has 5 heteroatoms. The number of carbonyl (C=O) groups is 2. The fourth-order valence-corrected chi connectivity index (χ4v) is 1.33. The van der Waals surface area contributed by atoms with Gasteiger partial charge in [-0.15, -0.1) is 0 Å². The van der Waals surface area contributed by atoms with Crippen LogP contribution in [0.3, 0.4) is 0 Å². The molecule has 0 aromatic carbocycles. The minimum absolute atomic E-state index is 0.265. The van der Waals surface area contributed by atoms with Crippen molar-refractivity contribution >= 4 is 11.8 Å². The molecule has 0 unspecified atom stereocenters. The molecule has 0 aliphatic heterocycles. The van der Waals surface area contributed by atoms with E-state index in [1.54, 1.807) is 18.2 Å². The Morgan fingerprint density at radius 1 is 1.44 bits per heavy atom. The van der Waals surface area contributed by atoms with Gasteiger partial charge in [0.1, 0.15) is 11.7 Å². The predicted octanol–water partition coefficient (Wildman–Crippen LogP) is 1.02. The summed E-state index contributed by atoms with van der Waals surface area (Å²) in [5.74, 6) is -0.960. The molecular weight excluding hydrogens is 230 g/mol. The average molecular weight is 247 g/mol. The number of allylic oxidation sites excluding steroid dienone is 1. The van der Waals surface area contributed by atoms with Gasteiger partial charge in [0.05, 0.1) is 0 Å². The van der Waals surface area contributed by atoms with Gasteiger partial charge >= 0.3 is 0 Å². The lowest BCUT2D eigenvalue weighted by molar-refractivity contribution is -0.119. The first kappa shape index (κ1) is 13.9. The Hall–Kier alpha value is -2.17. The van der Waals surface area contributed by atoms with Crippen molar-refractivity contribution in [3.63, 3.8) is 0 Å². The Balaban J connectivity index is 2.70. The highest BCUT2D eigenvalue weighted by atomic mass is 16.2. The molecule has 1 heterocycles. The number of hydrogen-bond acceptors (Lipinski definition) is 3. The van der Waals surface area contributed by atoms with Gasteiger partial charge in [0.15, 0.2) is 0 Å². The highest BCUT2D eigenvalue weighted by Gasteiger charge is 2.18. The van der Waals surface area contributed by atoms with Crippen molar-refractivity contribution in [1.29, 1.82) is 0 Å². The van der Waals surface area contributed by atoms with E-state index in [0.29, 0.717) is 6.42 Å². The number of carbonyl (C=O) groups excluding carboxylic acids is 2. The Bertz CT molecular complexity index is 451. The summed E-state index contributed by atoms with van der Waals surface area (Å²) in [4.78, 5) is 26.9. The van der Waals surface area contributed by atoms with E-state index in [9.17, 15) is 9.59 Å². The van der Waals surface area contributed by atoms with Crippen molar-refractivity contribution in [3.8, 4) is 0 Å². The Morgan fingerprint density at radius 3 is 2.67 bits per heavy atom. The molecule has 2 amide bonds. The van der Waals surface area contributed by atoms with Crippen LogP contribution in [0.5, 0.6) is 0 Å². The zero-order valence-electron chi connectivity index (χ0n) is 10.5. The molecule has 1 aromatic heterocycles. The molecule has 0 radical (unpaired) electrons. The zero-order valence-corrected chi connectivity index (χ0v) is 10.5. The van der Waals surface area contributed by atoms with E-state index >= 15 is 0 Å². The monoisotopic (exact) mass is 247 g/mol. The number of aromatic nitrogens is 1. The third-order valence-electron chi connectivity index (χ3n) is 2.31. The highest BCUT2D eigenvalue weighted by Crippen LogP contribution is 2.00. The number of hydrogen-bond donors (Lipinski definition) is 2. The van der Waals surface area contributed by atoms with E-state index in [2.05, 4.69) is 10.3 Å². The highest BCUT2D eigenvalue weighted by molar-refractivity contribution is 5.95. The molecule has 18 heavy (non-hydrogen) atoms. The molecule has 5 nitrogen and oxygen atoms in total. The minimum atomic E-state index is -0.714. The maximum Gasteiger partial charge on any atom is 0.270 e. The van der Waals surface area contributed by atoms with Gasteiger partial charge in [-0.25, -0.2) is 0 Å². The number of amides is 2. The molecule has 96 valence electrons. The SMILES string of the molecule is CC(C)=CC[C@H](NC(=O)c1ccccn1)C(N)=O. The van der Waals surface area contributed by atoms with Crippen molar-refractivity contribution in [2.24, 2.45) is 5.73 Å². The number of nitrogens with two attached hydrogens (primary N) is 1. The summed E-state index contributed by atoms with van der Waals surface area (Å²) in [7, 11) is 0. The van der Waals surface area contributed by atoms with Gasteiger partial charge in [0, 0.05) is 6.20 Å². The van der Waals surface area contributed by atoms with Crippen LogP contribution in [-0.2, 0) is 4.79 Å². The van der Waals surface area contributed by atoms with Crippen molar-refractivity contribution in [2.45, 2.75) is 26.3 Å². The summed E-state index contributed by atoms with van der Waals surface area (Å²) in [6.07, 6.45) is 3.76. The van der Waals surface area contributed by atoms with E-state index < -0.39 is 17.9 Å². The maximum atomic E-state index is 11.8. The van der Waals surface area contributed by atoms with Crippen LogP contribution in [0.25, 0.3) is 0 Å². The van der Waals surface area contributed by atoms with Crippen LogP contribution in [0, 0.1) is 0 Å². The summed E-state index contributed by atoms with van der Waals surface area (Å²) in [6.45, 7) is 3.83. The van der Waals surface area contributed by atoms with Crippen molar-refractivity contribution in [1.82, 2.24) is 10.3 Å². The summed E-state index contributed by atoms with van der Waals surface area (Å²) < 4.78 is 0. The summed E-state index contributed by atoms with van der Waals surface area (Å²) in [5.41, 5.74) is 6.57. The average Bonchev–Trinajstić information content (AvgIpc) is 2.34. The van der Waals surface area contributed by atoms with Gasteiger partial charge < -0.3 is 11.1 Å². The van der Waals surface area contributed by atoms with Crippen LogP contribution in [0.1, 0.15) is 30.8 Å². The van der Waals surface area contributed by atoms with Crippen LogP contribution in [0.2, 0.25) is 0 Å². The second-order valence-electron chi connectivity index (χ2n) is 4.16. The number of pyridine rings is 1. The lowest BCUT2D eigenvalue weighted by Gasteiger charge is -2.13. The lowest BCUT2D eigenvalue weighted by atomic mass is 10.1. The molecule has 3 N–H and O–H groups in total. The van der Waals surface area contributed by atoms with E-state index in [1.165, 1.54) is 6.20 Å². The molecule has 0 saturated heterocycles. The Kier molecular flexibility index (Phi) is 5.05. The lowest BCUT2D eigenvalue weighted by Crippen LogP contribution is -2.44. The number of nitrogens with one attached hydrogen (secondary N) is 1. The summed E-state index contributed by atoms with van der Waals surface area (Å²) in [5, 5.41) is 2.57. The van der Waals surface area contributed by atoms with E-state index in [-0.39, 0.29) is 5.69 Å². The fourth-order valence-electron chi connectivity index (χ4n) is 1.33. The Labute approximate surface area is 106 Å². The van der Waals surface area contributed by atoms with Gasteiger partial charge in [0.2, 0.25) is 5.91 Å². The number of nitrogens with zero attached hydrogens (tertiary/aromatic N) is 1. The van der Waals surface area contributed by atoms with E-state index in [1.807, 2.05) is 19.9 Å².